The Morgan fingerprint density at radius 3 is 2.67 bits per heavy atom. The van der Waals surface area contributed by atoms with Crippen molar-refractivity contribution >= 4 is 11.8 Å². The van der Waals surface area contributed by atoms with Crippen LogP contribution in [-0.2, 0) is 9.59 Å². The maximum atomic E-state index is 11.3. The third kappa shape index (κ3) is 0.896. The van der Waals surface area contributed by atoms with Gasteiger partial charge in [0.05, 0.1) is 0 Å². The van der Waals surface area contributed by atoms with E-state index < -0.39 is 11.8 Å². The van der Waals surface area contributed by atoms with E-state index in [1.807, 2.05) is 0 Å². The van der Waals surface area contributed by atoms with Crippen molar-refractivity contribution in [3.05, 3.63) is 0 Å². The summed E-state index contributed by atoms with van der Waals surface area (Å²) >= 11 is 0. The van der Waals surface area contributed by atoms with E-state index in [2.05, 4.69) is 10.6 Å². The molecule has 12 heavy (non-hydrogen) atoms. The molecule has 0 radical (unpaired) electrons. The Morgan fingerprint density at radius 1 is 1.50 bits per heavy atom. The monoisotopic (exact) mass is 170 g/mol. The summed E-state index contributed by atoms with van der Waals surface area (Å²) in [5, 5.41) is 14.1. The standard InChI is InChI=1S/C7H10N2O3/c10-4-1-2-7(9-4)3-5(11)8-6(7)12/h5,11H,1-3H2,(H,8,12)(H,9,10)/t5-,7-/m0/s1. The fourth-order valence-corrected chi connectivity index (χ4v) is 1.81. The zero-order valence-corrected chi connectivity index (χ0v) is 6.46. The molecule has 2 saturated heterocycles. The summed E-state index contributed by atoms with van der Waals surface area (Å²) in [7, 11) is 0. The van der Waals surface area contributed by atoms with Gasteiger partial charge in [0, 0.05) is 12.8 Å². The lowest BCUT2D eigenvalue weighted by Crippen LogP contribution is -2.47. The molecule has 0 unspecified atom stereocenters. The molecule has 66 valence electrons. The van der Waals surface area contributed by atoms with E-state index in [1.165, 1.54) is 0 Å². The summed E-state index contributed by atoms with van der Waals surface area (Å²) in [6.07, 6.45) is 0.350. The first-order valence-corrected chi connectivity index (χ1v) is 3.92. The Morgan fingerprint density at radius 2 is 2.25 bits per heavy atom. The summed E-state index contributed by atoms with van der Waals surface area (Å²) in [5.74, 6) is -0.375. The van der Waals surface area contributed by atoms with Crippen LogP contribution in [0.5, 0.6) is 0 Å². The van der Waals surface area contributed by atoms with Gasteiger partial charge < -0.3 is 15.7 Å². The predicted octanol–water partition coefficient (Wildman–Crippen LogP) is -1.53. The molecular formula is C7H10N2O3. The SMILES string of the molecule is O=C1CC[C@@]2(C[C@H](O)NC2=O)N1. The van der Waals surface area contributed by atoms with Crippen LogP contribution in [0.1, 0.15) is 19.3 Å². The smallest absolute Gasteiger partial charge is 0.247 e. The Kier molecular flexibility index (Phi) is 1.38. The van der Waals surface area contributed by atoms with E-state index in [0.717, 1.165) is 0 Å². The van der Waals surface area contributed by atoms with Gasteiger partial charge in [-0.1, -0.05) is 0 Å². The molecule has 0 aliphatic carbocycles. The van der Waals surface area contributed by atoms with Gasteiger partial charge in [0.25, 0.3) is 0 Å². The highest BCUT2D eigenvalue weighted by Crippen LogP contribution is 2.29. The van der Waals surface area contributed by atoms with E-state index in [1.54, 1.807) is 0 Å². The van der Waals surface area contributed by atoms with Crippen molar-refractivity contribution in [2.75, 3.05) is 0 Å². The molecule has 0 aromatic rings. The van der Waals surface area contributed by atoms with Gasteiger partial charge in [-0.25, -0.2) is 0 Å². The van der Waals surface area contributed by atoms with Crippen molar-refractivity contribution < 1.29 is 14.7 Å². The van der Waals surface area contributed by atoms with E-state index in [0.29, 0.717) is 12.8 Å². The lowest BCUT2D eigenvalue weighted by Gasteiger charge is -2.18. The zero-order valence-electron chi connectivity index (χ0n) is 6.46. The molecular weight excluding hydrogens is 160 g/mol. The van der Waals surface area contributed by atoms with Crippen LogP contribution in [0.2, 0.25) is 0 Å². The molecule has 5 heteroatoms. The number of amides is 2. The lowest BCUT2D eigenvalue weighted by atomic mass is 9.96. The molecule has 5 nitrogen and oxygen atoms in total. The van der Waals surface area contributed by atoms with Gasteiger partial charge in [0.2, 0.25) is 11.8 Å². The molecule has 0 saturated carbocycles. The first kappa shape index (κ1) is 7.54. The number of aliphatic hydroxyl groups is 1. The molecule has 0 aromatic carbocycles. The predicted molar refractivity (Wildman–Crippen MR) is 38.9 cm³/mol. The first-order valence-electron chi connectivity index (χ1n) is 3.92. The highest BCUT2D eigenvalue weighted by Gasteiger charge is 2.50. The Balaban J connectivity index is 2.22. The minimum Gasteiger partial charge on any atom is -0.374 e. The van der Waals surface area contributed by atoms with Crippen LogP contribution in [0.4, 0.5) is 0 Å². The molecule has 2 rings (SSSR count). The first-order chi connectivity index (χ1) is 5.62. The molecule has 2 atom stereocenters. The normalized spacial score (nSPS) is 40.2. The minimum atomic E-state index is -0.809. The van der Waals surface area contributed by atoms with Crippen molar-refractivity contribution in [3.8, 4) is 0 Å². The van der Waals surface area contributed by atoms with Gasteiger partial charge >= 0.3 is 0 Å². The molecule has 2 aliphatic heterocycles. The molecule has 3 N–H and O–H groups in total. The fourth-order valence-electron chi connectivity index (χ4n) is 1.81. The highest BCUT2D eigenvalue weighted by molar-refractivity contribution is 5.96. The highest BCUT2D eigenvalue weighted by atomic mass is 16.3. The second-order valence-electron chi connectivity index (χ2n) is 3.32. The number of carbonyl (C=O) groups excluding carboxylic acids is 2. The fraction of sp³-hybridized carbons (Fsp3) is 0.714. The van der Waals surface area contributed by atoms with Gasteiger partial charge in [-0.3, -0.25) is 9.59 Å². The van der Waals surface area contributed by atoms with Gasteiger partial charge in [0.1, 0.15) is 11.8 Å². The summed E-state index contributed by atoms with van der Waals surface area (Å²) < 4.78 is 0. The molecule has 1 spiro atoms. The lowest BCUT2D eigenvalue weighted by molar-refractivity contribution is -0.127. The quantitative estimate of drug-likeness (QED) is 0.413. The van der Waals surface area contributed by atoms with E-state index in [9.17, 15) is 9.59 Å². The van der Waals surface area contributed by atoms with Crippen LogP contribution < -0.4 is 10.6 Å². The number of nitrogens with one attached hydrogen (secondary N) is 2. The van der Waals surface area contributed by atoms with Crippen molar-refractivity contribution in [3.63, 3.8) is 0 Å². The van der Waals surface area contributed by atoms with Gasteiger partial charge in [-0.05, 0) is 6.42 Å². The zero-order chi connectivity index (χ0) is 8.77. The topological polar surface area (TPSA) is 78.4 Å². The summed E-state index contributed by atoms with van der Waals surface area (Å²) in [6, 6.07) is 0. The molecule has 0 bridgehead atoms. The van der Waals surface area contributed by atoms with Crippen LogP contribution in [-0.4, -0.2) is 28.7 Å². The Bertz CT molecular complexity index is 253. The average molecular weight is 170 g/mol. The number of rotatable bonds is 0. The van der Waals surface area contributed by atoms with Crippen LogP contribution >= 0.6 is 0 Å². The van der Waals surface area contributed by atoms with Crippen LogP contribution in [0.3, 0.4) is 0 Å². The molecule has 2 fully saturated rings. The third-order valence-electron chi connectivity index (χ3n) is 2.43. The van der Waals surface area contributed by atoms with Gasteiger partial charge in [-0.15, -0.1) is 0 Å². The van der Waals surface area contributed by atoms with Crippen molar-refractivity contribution in [2.24, 2.45) is 0 Å². The number of hydrogen-bond acceptors (Lipinski definition) is 3. The molecule has 2 aliphatic rings. The van der Waals surface area contributed by atoms with Crippen LogP contribution in [0.15, 0.2) is 0 Å². The summed E-state index contributed by atoms with van der Waals surface area (Å²) in [4.78, 5) is 22.2. The molecule has 2 amide bonds. The Labute approximate surface area is 69.1 Å². The van der Waals surface area contributed by atoms with E-state index >= 15 is 0 Å². The number of hydrogen-bond donors (Lipinski definition) is 3. The average Bonchev–Trinajstić information content (AvgIpc) is 2.43. The van der Waals surface area contributed by atoms with E-state index in [4.69, 9.17) is 5.11 Å². The van der Waals surface area contributed by atoms with Crippen LogP contribution in [0.25, 0.3) is 0 Å². The van der Waals surface area contributed by atoms with Crippen molar-refractivity contribution in [1.82, 2.24) is 10.6 Å². The van der Waals surface area contributed by atoms with Crippen molar-refractivity contribution in [2.45, 2.75) is 31.0 Å². The minimum absolute atomic E-state index is 0.112. The maximum absolute atomic E-state index is 11.3. The van der Waals surface area contributed by atoms with Gasteiger partial charge in [-0.2, -0.15) is 0 Å². The molecule has 2 heterocycles. The third-order valence-corrected chi connectivity index (χ3v) is 2.43. The summed E-state index contributed by atoms with van der Waals surface area (Å²) in [6.45, 7) is 0. The summed E-state index contributed by atoms with van der Waals surface area (Å²) in [5.41, 5.74) is -0.809. The second-order valence-corrected chi connectivity index (χ2v) is 3.32. The Hall–Kier alpha value is -1.10. The second kappa shape index (κ2) is 2.20. The molecule has 0 aromatic heterocycles. The van der Waals surface area contributed by atoms with Gasteiger partial charge in [0.15, 0.2) is 0 Å². The number of carbonyl (C=O) groups is 2. The van der Waals surface area contributed by atoms with Crippen molar-refractivity contribution in [1.29, 1.82) is 0 Å². The van der Waals surface area contributed by atoms with E-state index in [-0.39, 0.29) is 18.2 Å². The maximum Gasteiger partial charge on any atom is 0.247 e. The van der Waals surface area contributed by atoms with Crippen LogP contribution in [0, 0.1) is 0 Å². The number of aliphatic hydroxyl groups excluding tert-OH is 1. The largest absolute Gasteiger partial charge is 0.374 e.